The van der Waals surface area contributed by atoms with Crippen LogP contribution in [-0.4, -0.2) is 41.8 Å². The summed E-state index contributed by atoms with van der Waals surface area (Å²) in [5.74, 6) is 0.373. The summed E-state index contributed by atoms with van der Waals surface area (Å²) in [6.45, 7) is -0.500. The number of aliphatic hydroxyl groups excluding tert-OH is 1. The first-order chi connectivity index (χ1) is 17.7. The van der Waals surface area contributed by atoms with Crippen molar-refractivity contribution in [1.29, 1.82) is 0 Å². The molecular formula is C28H36F3N5O. The second-order valence-corrected chi connectivity index (χ2v) is 10.1. The minimum atomic E-state index is -4.37. The molecule has 4 rings (SSSR count). The van der Waals surface area contributed by atoms with E-state index in [1.807, 2.05) is 18.4 Å². The fourth-order valence-electron chi connectivity index (χ4n) is 5.07. The molecule has 2 aliphatic carbocycles. The lowest BCUT2D eigenvalue weighted by Crippen LogP contribution is -2.42. The number of aliphatic hydroxyl groups is 1. The molecule has 2 heterocycles. The Morgan fingerprint density at radius 2 is 1.89 bits per heavy atom. The Morgan fingerprint density at radius 1 is 1.11 bits per heavy atom. The van der Waals surface area contributed by atoms with Crippen molar-refractivity contribution >= 4 is 23.3 Å². The van der Waals surface area contributed by atoms with Gasteiger partial charge in [0.2, 0.25) is 0 Å². The van der Waals surface area contributed by atoms with Gasteiger partial charge in [-0.15, -0.1) is 0 Å². The van der Waals surface area contributed by atoms with Gasteiger partial charge in [0.15, 0.2) is 0 Å². The van der Waals surface area contributed by atoms with Crippen LogP contribution < -0.4 is 16.8 Å². The van der Waals surface area contributed by atoms with Crippen LogP contribution in [0.3, 0.4) is 0 Å². The molecule has 0 aromatic carbocycles. The third kappa shape index (κ3) is 7.79. The fraction of sp³-hybridized carbons (Fsp3) is 0.500. The Morgan fingerprint density at radius 3 is 2.65 bits per heavy atom. The number of aliphatic imine (C=N–C) groups is 1. The lowest BCUT2D eigenvalue weighted by atomic mass is 9.89. The van der Waals surface area contributed by atoms with Crippen molar-refractivity contribution in [3.8, 4) is 0 Å². The summed E-state index contributed by atoms with van der Waals surface area (Å²) in [5.41, 5.74) is 16.4. The van der Waals surface area contributed by atoms with Gasteiger partial charge in [-0.05, 0) is 74.0 Å². The molecule has 0 spiro atoms. The highest BCUT2D eigenvalue weighted by molar-refractivity contribution is 6.12. The summed E-state index contributed by atoms with van der Waals surface area (Å²) in [7, 11) is 0. The van der Waals surface area contributed by atoms with Crippen molar-refractivity contribution in [3.05, 3.63) is 59.4 Å². The summed E-state index contributed by atoms with van der Waals surface area (Å²) in [6, 6.07) is 1.85. The lowest BCUT2D eigenvalue weighted by Gasteiger charge is -2.26. The Labute approximate surface area is 216 Å². The maximum Gasteiger partial charge on any atom is 0.401 e. The Bertz CT molecular complexity index is 1100. The fourth-order valence-corrected chi connectivity index (χ4v) is 5.07. The summed E-state index contributed by atoms with van der Waals surface area (Å²) >= 11 is 0. The van der Waals surface area contributed by atoms with E-state index in [0.29, 0.717) is 18.1 Å². The van der Waals surface area contributed by atoms with Crippen molar-refractivity contribution < 1.29 is 18.3 Å². The first kappa shape index (κ1) is 27.1. The summed E-state index contributed by atoms with van der Waals surface area (Å²) in [5, 5.41) is 13.0. The number of nitrogens with one attached hydrogen (secondary N) is 1. The Kier molecular flexibility index (Phi) is 8.87. The number of alkyl halides is 3. The summed E-state index contributed by atoms with van der Waals surface area (Å²) in [6.07, 6.45) is 14.7. The molecule has 6 nitrogen and oxygen atoms in total. The predicted molar refractivity (Wildman–Crippen MR) is 143 cm³/mol. The quantitative estimate of drug-likeness (QED) is 0.356. The zero-order valence-corrected chi connectivity index (χ0v) is 20.9. The number of allylic oxidation sites excluding steroid dienone is 7. The minimum absolute atomic E-state index is 0.197. The molecule has 1 aliphatic heterocycles. The van der Waals surface area contributed by atoms with Gasteiger partial charge in [-0.25, -0.2) is 4.98 Å². The van der Waals surface area contributed by atoms with Crippen molar-refractivity contribution in [2.24, 2.45) is 22.7 Å². The molecule has 1 saturated carbocycles. The largest absolute Gasteiger partial charge is 0.401 e. The average Bonchev–Trinajstić information content (AvgIpc) is 3.68. The van der Waals surface area contributed by atoms with E-state index >= 15 is 0 Å². The number of anilines is 2. The van der Waals surface area contributed by atoms with E-state index in [2.05, 4.69) is 39.6 Å². The van der Waals surface area contributed by atoms with E-state index in [1.54, 1.807) is 6.20 Å². The molecular weight excluding hydrogens is 479 g/mol. The molecule has 3 atom stereocenters. The molecule has 1 aromatic rings. The number of halogens is 3. The molecule has 0 saturated heterocycles. The number of aromatic nitrogens is 1. The maximum absolute atomic E-state index is 12.8. The van der Waals surface area contributed by atoms with E-state index < -0.39 is 18.9 Å². The molecule has 37 heavy (non-hydrogen) atoms. The number of nitrogens with two attached hydrogens (primary N) is 2. The molecule has 0 bridgehead atoms. The second kappa shape index (κ2) is 12.1. The maximum atomic E-state index is 12.8. The van der Waals surface area contributed by atoms with E-state index in [-0.39, 0.29) is 17.8 Å². The molecule has 0 radical (unpaired) electrons. The molecule has 200 valence electrons. The summed E-state index contributed by atoms with van der Waals surface area (Å²) < 4.78 is 38.3. The Hall–Kier alpha value is -2.91. The van der Waals surface area contributed by atoms with Crippen LogP contribution in [0, 0.1) is 17.8 Å². The lowest BCUT2D eigenvalue weighted by molar-refractivity contribution is -0.133. The van der Waals surface area contributed by atoms with Crippen molar-refractivity contribution in [2.75, 3.05) is 24.6 Å². The SMILES string of the molecule is Nc1nccc(C2=CC(CC3=C/CCC/C=C(C(C4CC4)C(O)NCC(F)(F)F)/C=C\3)CCN=C2)c1N. The molecule has 0 amide bonds. The van der Waals surface area contributed by atoms with Gasteiger partial charge in [-0.2, -0.15) is 13.2 Å². The average molecular weight is 516 g/mol. The van der Waals surface area contributed by atoms with E-state index in [1.165, 1.54) is 5.57 Å². The smallest absolute Gasteiger partial charge is 0.395 e. The molecule has 3 unspecified atom stereocenters. The van der Waals surface area contributed by atoms with Gasteiger partial charge in [-0.3, -0.25) is 10.3 Å². The zero-order chi connectivity index (χ0) is 26.4. The summed E-state index contributed by atoms with van der Waals surface area (Å²) in [4.78, 5) is 8.59. The van der Waals surface area contributed by atoms with Crippen LogP contribution in [0.2, 0.25) is 0 Å². The highest BCUT2D eigenvalue weighted by Gasteiger charge is 2.39. The predicted octanol–water partition coefficient (Wildman–Crippen LogP) is 5.20. The number of hydrogen-bond acceptors (Lipinski definition) is 6. The van der Waals surface area contributed by atoms with Gasteiger partial charge < -0.3 is 16.6 Å². The molecule has 1 fully saturated rings. The monoisotopic (exact) mass is 515 g/mol. The van der Waals surface area contributed by atoms with Crippen LogP contribution in [0.1, 0.15) is 50.5 Å². The molecule has 6 N–H and O–H groups in total. The van der Waals surface area contributed by atoms with Gasteiger partial charge >= 0.3 is 6.18 Å². The van der Waals surface area contributed by atoms with Crippen LogP contribution in [0.15, 0.2) is 58.8 Å². The highest BCUT2D eigenvalue weighted by atomic mass is 19.4. The van der Waals surface area contributed by atoms with Crippen molar-refractivity contribution in [1.82, 2.24) is 10.3 Å². The van der Waals surface area contributed by atoms with Crippen LogP contribution in [-0.2, 0) is 0 Å². The van der Waals surface area contributed by atoms with E-state index in [9.17, 15) is 18.3 Å². The highest BCUT2D eigenvalue weighted by Crippen LogP contribution is 2.43. The number of rotatable bonds is 8. The molecule has 9 heteroatoms. The number of nitrogens with zero attached hydrogens (tertiary/aromatic N) is 2. The second-order valence-electron chi connectivity index (χ2n) is 10.1. The number of hydrogen-bond donors (Lipinski definition) is 4. The van der Waals surface area contributed by atoms with Crippen molar-refractivity contribution in [2.45, 2.75) is 57.3 Å². The molecule has 1 aromatic heterocycles. The van der Waals surface area contributed by atoms with Gasteiger partial charge in [0.05, 0.1) is 12.2 Å². The first-order valence-corrected chi connectivity index (χ1v) is 13.0. The van der Waals surface area contributed by atoms with E-state index in [4.69, 9.17) is 11.5 Å². The van der Waals surface area contributed by atoms with Crippen LogP contribution in [0.4, 0.5) is 24.7 Å². The first-order valence-electron chi connectivity index (χ1n) is 13.0. The normalized spacial score (nSPS) is 26.3. The minimum Gasteiger partial charge on any atom is -0.395 e. The number of nitrogen functional groups attached to an aromatic ring is 2. The van der Waals surface area contributed by atoms with Gasteiger partial charge in [0, 0.05) is 30.4 Å². The zero-order valence-electron chi connectivity index (χ0n) is 20.9. The van der Waals surface area contributed by atoms with Crippen LogP contribution in [0.5, 0.6) is 0 Å². The Balaban J connectivity index is 1.51. The molecule has 3 aliphatic rings. The standard InChI is InChI=1S/C28H36F3N5O/c29-28(30,31)17-36-27(37)24(21-8-9-21)20-5-3-1-2-4-18(6-7-20)14-19-10-12-34-16-22(15-19)23-11-13-35-26(33)25(23)32/h4-7,11,13,15-16,19,21,24,27,36-37H,1-3,8-10,12,14,17,32H2,(H2,33,35)/b7-6-,18-4+,20-5-. The topological polar surface area (TPSA) is 110 Å². The van der Waals surface area contributed by atoms with Crippen LogP contribution in [0.25, 0.3) is 5.57 Å². The van der Waals surface area contributed by atoms with Crippen molar-refractivity contribution in [3.63, 3.8) is 0 Å². The third-order valence-corrected chi connectivity index (χ3v) is 7.16. The van der Waals surface area contributed by atoms with Gasteiger partial charge in [0.25, 0.3) is 0 Å². The van der Waals surface area contributed by atoms with Gasteiger partial charge in [0.1, 0.15) is 12.0 Å². The van der Waals surface area contributed by atoms with E-state index in [0.717, 1.165) is 61.7 Å². The third-order valence-electron chi connectivity index (χ3n) is 7.16. The van der Waals surface area contributed by atoms with Crippen LogP contribution >= 0.6 is 0 Å². The van der Waals surface area contributed by atoms with Gasteiger partial charge in [-0.1, -0.05) is 36.0 Å². The number of pyridine rings is 1.